The molecule has 2 rings (SSSR count). The number of aryl methyl sites for hydroxylation is 1. The Morgan fingerprint density at radius 2 is 2.04 bits per heavy atom. The van der Waals surface area contributed by atoms with Gasteiger partial charge in [0.05, 0.1) is 26.1 Å². The van der Waals surface area contributed by atoms with Crippen LogP contribution in [0.1, 0.15) is 28.4 Å². The monoisotopic (exact) mass is 349 g/mol. The summed E-state index contributed by atoms with van der Waals surface area (Å²) in [6.07, 6.45) is -3.14. The van der Waals surface area contributed by atoms with Crippen molar-refractivity contribution in [3.05, 3.63) is 29.7 Å². The van der Waals surface area contributed by atoms with E-state index in [4.69, 9.17) is 14.2 Å². The number of hydrogen-bond donors (Lipinski definition) is 0. The highest BCUT2D eigenvalue weighted by Crippen LogP contribution is 2.50. The fraction of sp³-hybridized carbons (Fsp3) is 0.562. The van der Waals surface area contributed by atoms with E-state index in [0.29, 0.717) is 12.0 Å². The highest BCUT2D eigenvalue weighted by molar-refractivity contribution is 7.99. The van der Waals surface area contributed by atoms with E-state index in [9.17, 15) is 13.2 Å². The first-order valence-corrected chi connectivity index (χ1v) is 8.32. The van der Waals surface area contributed by atoms with Crippen LogP contribution in [0.4, 0.5) is 13.2 Å². The number of thioether (sulfide) groups is 1. The van der Waals surface area contributed by atoms with Crippen molar-refractivity contribution in [3.63, 3.8) is 0 Å². The number of hydrogen-bond acceptors (Lipinski definition) is 4. The van der Waals surface area contributed by atoms with Gasteiger partial charge < -0.3 is 14.2 Å². The standard InChI is InChI=1S/C16H20F3O3S/c1-4-22-9-12-13-10(6-5-7-23-12)8-11(20-2)15(21-3)14(13)16(17,18)19/h8,12H,1,4-7,9H2,2-3H3. The molecule has 0 bridgehead atoms. The van der Waals surface area contributed by atoms with E-state index < -0.39 is 17.0 Å². The normalized spacial score (nSPS) is 18.3. The summed E-state index contributed by atoms with van der Waals surface area (Å²) in [5.74, 6) is 0.630. The summed E-state index contributed by atoms with van der Waals surface area (Å²) in [6, 6.07) is 1.66. The van der Waals surface area contributed by atoms with Crippen molar-refractivity contribution in [2.75, 3.05) is 33.2 Å². The quantitative estimate of drug-likeness (QED) is 0.792. The predicted molar refractivity (Wildman–Crippen MR) is 84.2 cm³/mol. The van der Waals surface area contributed by atoms with Crippen LogP contribution in [-0.4, -0.2) is 33.2 Å². The number of rotatable bonds is 5. The summed E-state index contributed by atoms with van der Waals surface area (Å²) in [5, 5.41) is -0.398. The zero-order chi connectivity index (χ0) is 17.0. The Bertz CT molecular complexity index is 546. The van der Waals surface area contributed by atoms with Crippen LogP contribution < -0.4 is 9.47 Å². The van der Waals surface area contributed by atoms with Crippen molar-refractivity contribution in [2.45, 2.75) is 24.3 Å². The average molecular weight is 349 g/mol. The maximum absolute atomic E-state index is 13.8. The number of benzene rings is 1. The van der Waals surface area contributed by atoms with Crippen molar-refractivity contribution >= 4 is 11.8 Å². The van der Waals surface area contributed by atoms with E-state index in [0.717, 1.165) is 12.2 Å². The number of fused-ring (bicyclic) bond motifs is 1. The first-order valence-electron chi connectivity index (χ1n) is 7.27. The van der Waals surface area contributed by atoms with Gasteiger partial charge in [0.1, 0.15) is 5.56 Å². The van der Waals surface area contributed by atoms with E-state index in [1.54, 1.807) is 6.07 Å². The van der Waals surface area contributed by atoms with E-state index in [1.165, 1.54) is 26.0 Å². The summed E-state index contributed by atoms with van der Waals surface area (Å²) in [7, 11) is 2.57. The first kappa shape index (κ1) is 18.3. The molecule has 0 aliphatic carbocycles. The van der Waals surface area contributed by atoms with Crippen LogP contribution >= 0.6 is 11.8 Å². The molecule has 7 heteroatoms. The minimum Gasteiger partial charge on any atom is -0.493 e. The molecule has 1 heterocycles. The lowest BCUT2D eigenvalue weighted by atomic mass is 9.93. The van der Waals surface area contributed by atoms with Crippen LogP contribution in [0.15, 0.2) is 6.07 Å². The average Bonchev–Trinajstić information content (AvgIpc) is 2.71. The van der Waals surface area contributed by atoms with E-state index in [-0.39, 0.29) is 30.3 Å². The van der Waals surface area contributed by atoms with E-state index >= 15 is 0 Å². The van der Waals surface area contributed by atoms with Gasteiger partial charge in [-0.3, -0.25) is 0 Å². The fourth-order valence-corrected chi connectivity index (χ4v) is 4.04. The molecule has 0 aromatic heterocycles. The molecule has 0 spiro atoms. The molecule has 1 aromatic carbocycles. The molecule has 1 aromatic rings. The van der Waals surface area contributed by atoms with E-state index in [1.807, 2.05) is 0 Å². The molecule has 0 amide bonds. The molecule has 1 aliphatic rings. The summed E-state index contributed by atoms with van der Waals surface area (Å²) in [4.78, 5) is 0. The number of ether oxygens (including phenoxy) is 3. The highest BCUT2D eigenvalue weighted by atomic mass is 32.2. The van der Waals surface area contributed by atoms with Gasteiger partial charge in [-0.25, -0.2) is 0 Å². The summed E-state index contributed by atoms with van der Waals surface area (Å²) >= 11 is 1.48. The Labute approximate surface area is 138 Å². The second-order valence-electron chi connectivity index (χ2n) is 5.10. The molecule has 1 aliphatic heterocycles. The van der Waals surface area contributed by atoms with Crippen molar-refractivity contribution in [1.82, 2.24) is 0 Å². The zero-order valence-corrected chi connectivity index (χ0v) is 14.0. The van der Waals surface area contributed by atoms with Gasteiger partial charge in [0.25, 0.3) is 0 Å². The van der Waals surface area contributed by atoms with Crippen molar-refractivity contribution in [3.8, 4) is 11.5 Å². The summed E-state index contributed by atoms with van der Waals surface area (Å²) in [5.41, 5.74) is 0.158. The molecule has 3 nitrogen and oxygen atoms in total. The van der Waals surface area contributed by atoms with Gasteiger partial charge in [0.2, 0.25) is 0 Å². The molecular weight excluding hydrogens is 329 g/mol. The van der Waals surface area contributed by atoms with Crippen LogP contribution in [0.3, 0.4) is 0 Å². The second kappa shape index (κ2) is 7.66. The maximum Gasteiger partial charge on any atom is 0.420 e. The van der Waals surface area contributed by atoms with Gasteiger partial charge in [-0.15, -0.1) is 0 Å². The second-order valence-corrected chi connectivity index (χ2v) is 6.41. The summed E-state index contributed by atoms with van der Waals surface area (Å²) in [6.45, 7) is 4.00. The molecule has 129 valence electrons. The molecule has 23 heavy (non-hydrogen) atoms. The fourth-order valence-electron chi connectivity index (χ4n) is 2.81. The van der Waals surface area contributed by atoms with Crippen LogP contribution in [0.25, 0.3) is 0 Å². The summed E-state index contributed by atoms with van der Waals surface area (Å²) < 4.78 is 56.8. The lowest BCUT2D eigenvalue weighted by molar-refractivity contribution is -0.139. The first-order chi connectivity index (χ1) is 10.9. The number of halogens is 3. The van der Waals surface area contributed by atoms with E-state index in [2.05, 4.69) is 6.92 Å². The van der Waals surface area contributed by atoms with Gasteiger partial charge in [0, 0.05) is 6.61 Å². The van der Waals surface area contributed by atoms with Crippen molar-refractivity contribution in [2.24, 2.45) is 0 Å². The molecule has 0 saturated carbocycles. The highest BCUT2D eigenvalue weighted by Gasteiger charge is 2.42. The Kier molecular flexibility index (Phi) is 6.08. The van der Waals surface area contributed by atoms with Crippen LogP contribution in [-0.2, 0) is 17.3 Å². The van der Waals surface area contributed by atoms with Gasteiger partial charge >= 0.3 is 6.18 Å². The Morgan fingerprint density at radius 1 is 1.30 bits per heavy atom. The van der Waals surface area contributed by atoms with Crippen LogP contribution in [0, 0.1) is 6.92 Å². The number of alkyl halides is 3. The van der Waals surface area contributed by atoms with Crippen molar-refractivity contribution in [1.29, 1.82) is 0 Å². The van der Waals surface area contributed by atoms with Gasteiger partial charge in [-0.2, -0.15) is 24.9 Å². The third kappa shape index (κ3) is 3.88. The minimum atomic E-state index is -4.53. The predicted octanol–water partition coefficient (Wildman–Crippen LogP) is 4.29. The molecule has 0 N–H and O–H groups in total. The molecular formula is C16H20F3O3S. The minimum absolute atomic E-state index is 0.113. The zero-order valence-electron chi connectivity index (χ0n) is 13.2. The number of methoxy groups -OCH3 is 2. The van der Waals surface area contributed by atoms with Crippen LogP contribution in [0.5, 0.6) is 11.5 Å². The lowest BCUT2D eigenvalue weighted by Gasteiger charge is -2.25. The Morgan fingerprint density at radius 3 is 2.61 bits per heavy atom. The van der Waals surface area contributed by atoms with Crippen molar-refractivity contribution < 1.29 is 27.4 Å². The van der Waals surface area contributed by atoms with Gasteiger partial charge in [-0.1, -0.05) is 0 Å². The molecule has 1 radical (unpaired) electrons. The van der Waals surface area contributed by atoms with Gasteiger partial charge in [0.15, 0.2) is 11.5 Å². The molecule has 1 unspecified atom stereocenters. The molecule has 0 saturated heterocycles. The molecule has 1 atom stereocenters. The smallest absolute Gasteiger partial charge is 0.420 e. The Hall–Kier alpha value is -1.08. The van der Waals surface area contributed by atoms with Gasteiger partial charge in [-0.05, 0) is 42.7 Å². The molecule has 0 fully saturated rings. The maximum atomic E-state index is 13.8. The largest absolute Gasteiger partial charge is 0.493 e. The van der Waals surface area contributed by atoms with Crippen LogP contribution in [0.2, 0.25) is 0 Å². The third-order valence-corrected chi connectivity index (χ3v) is 5.02. The lowest BCUT2D eigenvalue weighted by Crippen LogP contribution is -2.17. The Balaban J connectivity index is 2.68. The SMILES string of the molecule is [CH2]COCC1SCCCc2cc(OC)c(OC)c(C(F)(F)F)c21. The third-order valence-electron chi connectivity index (χ3n) is 3.72. The topological polar surface area (TPSA) is 27.7 Å².